The number of anilines is 1. The lowest BCUT2D eigenvalue weighted by atomic mass is 10.1. The van der Waals surface area contributed by atoms with Crippen LogP contribution in [0.5, 0.6) is 0 Å². The van der Waals surface area contributed by atoms with E-state index in [1.54, 1.807) is 13.8 Å². The summed E-state index contributed by atoms with van der Waals surface area (Å²) in [5.41, 5.74) is 1.58. The maximum atomic E-state index is 12.3. The first-order chi connectivity index (χ1) is 14.6. The number of H-pyrrole nitrogens is 1. The van der Waals surface area contributed by atoms with Crippen LogP contribution in [0.15, 0.2) is 18.2 Å². The minimum Gasteiger partial charge on any atom is -0.465 e. The Labute approximate surface area is 177 Å². The normalized spacial score (nSPS) is 10.2. The predicted molar refractivity (Wildman–Crippen MR) is 108 cm³/mol. The van der Waals surface area contributed by atoms with Crippen LogP contribution in [0, 0.1) is 13.8 Å². The molecule has 0 fully saturated rings. The third-order valence-electron chi connectivity index (χ3n) is 4.39. The molecule has 0 spiro atoms. The Kier molecular flexibility index (Phi) is 7.30. The molecule has 1 amide bonds. The summed E-state index contributed by atoms with van der Waals surface area (Å²) in [4.78, 5) is 62.6. The van der Waals surface area contributed by atoms with Crippen molar-refractivity contribution in [1.29, 1.82) is 0 Å². The molecule has 0 aliphatic carbocycles. The Bertz CT molecular complexity index is 1030. The number of esters is 3. The van der Waals surface area contributed by atoms with Crippen molar-refractivity contribution in [2.75, 3.05) is 26.1 Å². The van der Waals surface area contributed by atoms with Crippen molar-refractivity contribution in [3.63, 3.8) is 0 Å². The zero-order valence-corrected chi connectivity index (χ0v) is 17.7. The van der Waals surface area contributed by atoms with Crippen molar-refractivity contribution in [2.45, 2.75) is 20.8 Å². The lowest BCUT2D eigenvalue weighted by Crippen LogP contribution is -2.22. The highest BCUT2D eigenvalue weighted by Gasteiger charge is 2.22. The summed E-state index contributed by atoms with van der Waals surface area (Å²) in [7, 11) is 2.35. The van der Waals surface area contributed by atoms with Gasteiger partial charge in [0.2, 0.25) is 0 Å². The Hall–Kier alpha value is -3.95. The van der Waals surface area contributed by atoms with Crippen molar-refractivity contribution in [3.8, 4) is 0 Å². The van der Waals surface area contributed by atoms with Crippen LogP contribution in [0.4, 0.5) is 5.69 Å². The third-order valence-corrected chi connectivity index (χ3v) is 4.39. The number of aryl methyl sites for hydroxylation is 1. The summed E-state index contributed by atoms with van der Waals surface area (Å²) in [5, 5.41) is 2.44. The monoisotopic (exact) mass is 430 g/mol. The molecule has 2 aromatic rings. The summed E-state index contributed by atoms with van der Waals surface area (Å²) in [6.45, 7) is 4.00. The Morgan fingerprint density at radius 1 is 0.903 bits per heavy atom. The van der Waals surface area contributed by atoms with Crippen molar-refractivity contribution in [1.82, 2.24) is 4.98 Å². The van der Waals surface area contributed by atoms with Gasteiger partial charge in [-0.25, -0.2) is 14.4 Å². The fourth-order valence-corrected chi connectivity index (χ4v) is 3.05. The fraction of sp³-hybridized carbons (Fsp3) is 0.286. The number of rotatable bonds is 7. The van der Waals surface area contributed by atoms with Crippen LogP contribution in [-0.2, 0) is 19.0 Å². The van der Waals surface area contributed by atoms with E-state index in [2.05, 4.69) is 19.8 Å². The standard InChI is InChI=1S/C21H22N2O8/c1-10-17(12(3)24)11(2)22-18(10)21(28)31-9-16(25)23-15-7-13(19(26)29-4)6-14(8-15)20(27)30-5/h6-8,22H,9H2,1-5H3,(H,23,25). The number of hydrogen-bond donors (Lipinski definition) is 2. The average Bonchev–Trinajstić information content (AvgIpc) is 3.04. The van der Waals surface area contributed by atoms with E-state index in [0.29, 0.717) is 16.8 Å². The topological polar surface area (TPSA) is 141 Å². The molecule has 1 aromatic carbocycles. The quantitative estimate of drug-likeness (QED) is 0.387. The molecular weight excluding hydrogens is 408 g/mol. The number of aromatic amines is 1. The molecule has 0 radical (unpaired) electrons. The highest BCUT2D eigenvalue weighted by atomic mass is 16.5. The number of amides is 1. The summed E-state index contributed by atoms with van der Waals surface area (Å²) in [6, 6.07) is 3.86. The van der Waals surface area contributed by atoms with E-state index < -0.39 is 30.4 Å². The molecule has 1 aromatic heterocycles. The molecule has 31 heavy (non-hydrogen) atoms. The zero-order chi connectivity index (χ0) is 23.3. The van der Waals surface area contributed by atoms with Gasteiger partial charge in [-0.3, -0.25) is 9.59 Å². The lowest BCUT2D eigenvalue weighted by molar-refractivity contribution is -0.119. The highest BCUT2D eigenvalue weighted by molar-refractivity contribution is 6.02. The van der Waals surface area contributed by atoms with E-state index in [1.807, 2.05) is 0 Å². The minimum atomic E-state index is -0.804. The smallest absolute Gasteiger partial charge is 0.355 e. The fourth-order valence-electron chi connectivity index (χ4n) is 3.05. The average molecular weight is 430 g/mol. The molecular formula is C21H22N2O8. The summed E-state index contributed by atoms with van der Waals surface area (Å²) in [5.74, 6) is -3.14. The second kappa shape index (κ2) is 9.70. The van der Waals surface area contributed by atoms with Crippen molar-refractivity contribution < 1.29 is 38.2 Å². The molecule has 0 aliphatic heterocycles. The molecule has 0 aliphatic rings. The number of carbonyl (C=O) groups excluding carboxylic acids is 5. The Balaban J connectivity index is 2.13. The van der Waals surface area contributed by atoms with Crippen LogP contribution in [0.25, 0.3) is 0 Å². The second-order valence-corrected chi connectivity index (χ2v) is 6.59. The van der Waals surface area contributed by atoms with Crippen LogP contribution < -0.4 is 5.32 Å². The lowest BCUT2D eigenvalue weighted by Gasteiger charge is -2.10. The van der Waals surface area contributed by atoms with E-state index in [4.69, 9.17) is 4.74 Å². The van der Waals surface area contributed by atoms with Gasteiger partial charge in [-0.15, -0.1) is 0 Å². The number of nitrogens with one attached hydrogen (secondary N) is 2. The summed E-state index contributed by atoms with van der Waals surface area (Å²) >= 11 is 0. The van der Waals surface area contributed by atoms with Gasteiger partial charge < -0.3 is 24.5 Å². The number of aromatic nitrogens is 1. The van der Waals surface area contributed by atoms with E-state index in [-0.39, 0.29) is 28.3 Å². The second-order valence-electron chi connectivity index (χ2n) is 6.59. The number of methoxy groups -OCH3 is 2. The molecule has 10 heteroatoms. The molecule has 0 saturated carbocycles. The van der Waals surface area contributed by atoms with Crippen LogP contribution >= 0.6 is 0 Å². The first kappa shape index (κ1) is 23.3. The maximum absolute atomic E-state index is 12.3. The Morgan fingerprint density at radius 2 is 1.45 bits per heavy atom. The largest absolute Gasteiger partial charge is 0.465 e. The van der Waals surface area contributed by atoms with Crippen LogP contribution in [0.3, 0.4) is 0 Å². The SMILES string of the molecule is COC(=O)c1cc(NC(=O)COC(=O)c2[nH]c(C)c(C(C)=O)c2C)cc(C(=O)OC)c1. The van der Waals surface area contributed by atoms with Gasteiger partial charge in [0, 0.05) is 16.9 Å². The van der Waals surface area contributed by atoms with Gasteiger partial charge in [-0.1, -0.05) is 0 Å². The Morgan fingerprint density at radius 3 is 1.90 bits per heavy atom. The van der Waals surface area contributed by atoms with Crippen molar-refractivity contribution in [3.05, 3.63) is 51.8 Å². The molecule has 0 saturated heterocycles. The molecule has 0 bridgehead atoms. The van der Waals surface area contributed by atoms with Gasteiger partial charge in [-0.05, 0) is 44.5 Å². The zero-order valence-electron chi connectivity index (χ0n) is 17.7. The number of Topliss-reactive ketones (excluding diaryl/α,β-unsaturated/α-hetero) is 1. The van der Waals surface area contributed by atoms with Crippen LogP contribution in [-0.4, -0.2) is 55.4 Å². The first-order valence-electron chi connectivity index (χ1n) is 9.07. The predicted octanol–water partition coefficient (Wildman–Crippen LogP) is 2.20. The van der Waals surface area contributed by atoms with Crippen LogP contribution in [0.2, 0.25) is 0 Å². The van der Waals surface area contributed by atoms with Gasteiger partial charge >= 0.3 is 17.9 Å². The van der Waals surface area contributed by atoms with Gasteiger partial charge in [0.1, 0.15) is 5.69 Å². The summed E-state index contributed by atoms with van der Waals surface area (Å²) < 4.78 is 14.3. The highest BCUT2D eigenvalue weighted by Crippen LogP contribution is 2.20. The van der Waals surface area contributed by atoms with Gasteiger partial charge in [0.05, 0.1) is 25.3 Å². The number of carbonyl (C=O) groups is 5. The van der Waals surface area contributed by atoms with Crippen molar-refractivity contribution >= 4 is 35.3 Å². The van der Waals surface area contributed by atoms with E-state index in [9.17, 15) is 24.0 Å². The van der Waals surface area contributed by atoms with E-state index in [0.717, 1.165) is 0 Å². The minimum absolute atomic E-state index is 0.0203. The molecule has 1 heterocycles. The van der Waals surface area contributed by atoms with E-state index >= 15 is 0 Å². The maximum Gasteiger partial charge on any atom is 0.355 e. The number of benzene rings is 1. The van der Waals surface area contributed by atoms with Gasteiger partial charge in [-0.2, -0.15) is 0 Å². The first-order valence-corrected chi connectivity index (χ1v) is 9.07. The van der Waals surface area contributed by atoms with Crippen molar-refractivity contribution in [2.24, 2.45) is 0 Å². The van der Waals surface area contributed by atoms with E-state index in [1.165, 1.54) is 39.3 Å². The summed E-state index contributed by atoms with van der Waals surface area (Å²) in [6.07, 6.45) is 0. The number of ether oxygens (including phenoxy) is 3. The number of ketones is 1. The molecule has 164 valence electrons. The molecule has 10 nitrogen and oxygen atoms in total. The molecule has 2 rings (SSSR count). The third kappa shape index (κ3) is 5.35. The number of hydrogen-bond acceptors (Lipinski definition) is 8. The molecule has 2 N–H and O–H groups in total. The molecule has 0 unspecified atom stereocenters. The molecule has 0 atom stereocenters. The van der Waals surface area contributed by atoms with Crippen LogP contribution in [0.1, 0.15) is 59.7 Å². The van der Waals surface area contributed by atoms with Gasteiger partial charge in [0.15, 0.2) is 12.4 Å². The van der Waals surface area contributed by atoms with Gasteiger partial charge in [0.25, 0.3) is 5.91 Å².